The molecule has 0 bridgehead atoms. The topological polar surface area (TPSA) is 66.8 Å². The van der Waals surface area contributed by atoms with Gasteiger partial charge in [-0.25, -0.2) is 0 Å². The number of carbonyl (C=O) groups is 1. The molecular formula is C25H42O4. The largest absolute Gasteiger partial charge is 0.469 e. The highest BCUT2D eigenvalue weighted by atomic mass is 16.5. The molecule has 10 atom stereocenters. The quantitative estimate of drug-likeness (QED) is 0.671. The van der Waals surface area contributed by atoms with Gasteiger partial charge in [0, 0.05) is 6.42 Å². The van der Waals surface area contributed by atoms with Crippen molar-refractivity contribution in [1.82, 2.24) is 0 Å². The lowest BCUT2D eigenvalue weighted by molar-refractivity contribution is -0.175. The molecule has 4 aliphatic carbocycles. The van der Waals surface area contributed by atoms with Crippen LogP contribution in [0, 0.1) is 46.3 Å². The molecule has 0 aliphatic heterocycles. The van der Waals surface area contributed by atoms with Crippen LogP contribution in [0.1, 0.15) is 85.0 Å². The fourth-order valence-corrected chi connectivity index (χ4v) is 8.81. The Balaban J connectivity index is 1.53. The number of rotatable bonds is 4. The van der Waals surface area contributed by atoms with Gasteiger partial charge in [-0.05, 0) is 104 Å². The average Bonchev–Trinajstić information content (AvgIpc) is 3.06. The first-order valence-electron chi connectivity index (χ1n) is 12.1. The molecule has 0 radical (unpaired) electrons. The molecule has 8 unspecified atom stereocenters. The molecule has 4 heteroatoms. The Morgan fingerprint density at radius 1 is 1.07 bits per heavy atom. The van der Waals surface area contributed by atoms with Gasteiger partial charge in [-0.2, -0.15) is 0 Å². The van der Waals surface area contributed by atoms with Crippen molar-refractivity contribution in [1.29, 1.82) is 0 Å². The minimum absolute atomic E-state index is 0.0198. The summed E-state index contributed by atoms with van der Waals surface area (Å²) in [5.41, 5.74) is 0.271. The van der Waals surface area contributed by atoms with Gasteiger partial charge in [-0.3, -0.25) is 4.79 Å². The number of methoxy groups -OCH3 is 1. The Kier molecular flexibility index (Phi) is 5.83. The first kappa shape index (κ1) is 21.6. The van der Waals surface area contributed by atoms with Crippen molar-refractivity contribution in [2.45, 2.75) is 97.2 Å². The number of aliphatic hydroxyl groups is 2. The lowest BCUT2D eigenvalue weighted by atomic mass is 9.43. The Hall–Kier alpha value is -0.610. The third-order valence-electron chi connectivity index (χ3n) is 10.5. The Morgan fingerprint density at radius 3 is 2.55 bits per heavy atom. The molecule has 0 spiro atoms. The minimum atomic E-state index is -0.246. The zero-order valence-corrected chi connectivity index (χ0v) is 18.9. The molecule has 0 aromatic carbocycles. The summed E-state index contributed by atoms with van der Waals surface area (Å²) in [5.74, 6) is 3.36. The van der Waals surface area contributed by atoms with E-state index in [1.165, 1.54) is 32.8 Å². The summed E-state index contributed by atoms with van der Waals surface area (Å²) in [4.78, 5) is 11.6. The number of ether oxygens (including phenoxy) is 1. The van der Waals surface area contributed by atoms with Crippen LogP contribution in [0.5, 0.6) is 0 Å². The van der Waals surface area contributed by atoms with E-state index in [1.807, 2.05) is 0 Å². The highest BCUT2D eigenvalue weighted by Gasteiger charge is 2.63. The summed E-state index contributed by atoms with van der Waals surface area (Å²) in [6.45, 7) is 7.12. The number of hydrogen-bond acceptors (Lipinski definition) is 4. The average molecular weight is 407 g/mol. The van der Waals surface area contributed by atoms with Gasteiger partial charge in [0.2, 0.25) is 0 Å². The highest BCUT2D eigenvalue weighted by Crippen LogP contribution is 2.68. The van der Waals surface area contributed by atoms with Gasteiger partial charge in [-0.15, -0.1) is 0 Å². The van der Waals surface area contributed by atoms with Gasteiger partial charge >= 0.3 is 5.97 Å². The van der Waals surface area contributed by atoms with E-state index in [4.69, 9.17) is 4.74 Å². The second-order valence-electron chi connectivity index (χ2n) is 11.5. The number of hydrogen-bond donors (Lipinski definition) is 2. The summed E-state index contributed by atoms with van der Waals surface area (Å²) in [7, 11) is 1.46. The molecule has 0 aromatic heterocycles. The van der Waals surface area contributed by atoms with Crippen molar-refractivity contribution in [2.75, 3.05) is 7.11 Å². The SMILES string of the molecule is COC(=O)CCC(C)C1CCC2C3CCC4CC(O)CC[C@]4(C)C3CC(O)[C@]12C. The summed E-state index contributed by atoms with van der Waals surface area (Å²) in [5, 5.41) is 21.8. The van der Waals surface area contributed by atoms with Gasteiger partial charge in [0.05, 0.1) is 19.3 Å². The minimum Gasteiger partial charge on any atom is -0.469 e. The van der Waals surface area contributed by atoms with Crippen molar-refractivity contribution < 1.29 is 19.7 Å². The molecule has 166 valence electrons. The van der Waals surface area contributed by atoms with Crippen molar-refractivity contribution in [3.8, 4) is 0 Å². The third kappa shape index (κ3) is 3.37. The van der Waals surface area contributed by atoms with E-state index in [1.54, 1.807) is 0 Å². The second kappa shape index (κ2) is 7.82. The molecule has 4 rings (SSSR count). The zero-order chi connectivity index (χ0) is 21.0. The van der Waals surface area contributed by atoms with Crippen LogP contribution in [0.15, 0.2) is 0 Å². The van der Waals surface area contributed by atoms with Gasteiger partial charge in [0.25, 0.3) is 0 Å². The first-order valence-corrected chi connectivity index (χ1v) is 12.1. The summed E-state index contributed by atoms with van der Waals surface area (Å²) < 4.78 is 4.85. The van der Waals surface area contributed by atoms with Crippen LogP contribution >= 0.6 is 0 Å². The molecule has 0 aromatic rings. The maximum atomic E-state index is 11.6. The normalized spacial score (nSPS) is 50.2. The van der Waals surface area contributed by atoms with Crippen LogP contribution in [0.2, 0.25) is 0 Å². The molecule has 0 amide bonds. The van der Waals surface area contributed by atoms with Gasteiger partial charge in [0.15, 0.2) is 0 Å². The predicted molar refractivity (Wildman–Crippen MR) is 113 cm³/mol. The Labute approximate surface area is 176 Å². The van der Waals surface area contributed by atoms with E-state index < -0.39 is 0 Å². The van der Waals surface area contributed by atoms with Crippen LogP contribution in [-0.2, 0) is 9.53 Å². The summed E-state index contributed by atoms with van der Waals surface area (Å²) in [6.07, 6.45) is 9.86. The molecule has 0 heterocycles. The smallest absolute Gasteiger partial charge is 0.305 e. The van der Waals surface area contributed by atoms with Crippen molar-refractivity contribution in [3.63, 3.8) is 0 Å². The summed E-state index contributed by atoms with van der Waals surface area (Å²) in [6, 6.07) is 0. The van der Waals surface area contributed by atoms with Crippen LogP contribution < -0.4 is 0 Å². The monoisotopic (exact) mass is 406 g/mol. The van der Waals surface area contributed by atoms with E-state index in [9.17, 15) is 15.0 Å². The molecule has 0 saturated heterocycles. The summed E-state index contributed by atoms with van der Waals surface area (Å²) >= 11 is 0. The number of fused-ring (bicyclic) bond motifs is 5. The van der Waals surface area contributed by atoms with E-state index >= 15 is 0 Å². The van der Waals surface area contributed by atoms with Crippen molar-refractivity contribution in [2.24, 2.45) is 46.3 Å². The predicted octanol–water partition coefficient (Wildman–Crippen LogP) is 4.57. The first-order chi connectivity index (χ1) is 13.7. The van der Waals surface area contributed by atoms with Gasteiger partial charge in [0.1, 0.15) is 0 Å². The standard InChI is InChI=1S/C25H42O4/c1-15(5-10-23(28)29-4)19-8-9-20-18-7-6-16-13-17(26)11-12-24(16,2)21(18)14-22(27)25(19,20)3/h15-22,26-27H,5-14H2,1-4H3/t15?,16?,17?,18?,19?,20?,21?,22?,24-,25+/m0/s1. The molecule has 4 fully saturated rings. The number of aliphatic hydroxyl groups excluding tert-OH is 2. The van der Waals surface area contributed by atoms with E-state index in [2.05, 4.69) is 20.8 Å². The maximum Gasteiger partial charge on any atom is 0.305 e. The number of esters is 1. The maximum absolute atomic E-state index is 11.6. The van der Waals surface area contributed by atoms with Crippen LogP contribution in [0.25, 0.3) is 0 Å². The van der Waals surface area contributed by atoms with Crippen molar-refractivity contribution >= 4 is 5.97 Å². The molecule has 29 heavy (non-hydrogen) atoms. The lowest BCUT2D eigenvalue weighted by Gasteiger charge is -2.62. The molecule has 2 N–H and O–H groups in total. The third-order valence-corrected chi connectivity index (χ3v) is 10.5. The zero-order valence-electron chi connectivity index (χ0n) is 18.9. The fraction of sp³-hybridized carbons (Fsp3) is 0.960. The van der Waals surface area contributed by atoms with Crippen LogP contribution in [0.3, 0.4) is 0 Å². The fourth-order valence-electron chi connectivity index (χ4n) is 8.81. The molecule has 4 aliphatic rings. The lowest BCUT2D eigenvalue weighted by Crippen LogP contribution is -2.58. The van der Waals surface area contributed by atoms with E-state index in [0.29, 0.717) is 41.4 Å². The van der Waals surface area contributed by atoms with E-state index in [-0.39, 0.29) is 23.6 Å². The van der Waals surface area contributed by atoms with Gasteiger partial charge < -0.3 is 14.9 Å². The van der Waals surface area contributed by atoms with Crippen molar-refractivity contribution in [3.05, 3.63) is 0 Å². The van der Waals surface area contributed by atoms with E-state index in [0.717, 1.165) is 38.0 Å². The second-order valence-corrected chi connectivity index (χ2v) is 11.5. The Morgan fingerprint density at radius 2 is 1.83 bits per heavy atom. The molecule has 4 saturated carbocycles. The molecule has 4 nitrogen and oxygen atoms in total. The van der Waals surface area contributed by atoms with Gasteiger partial charge in [-0.1, -0.05) is 20.8 Å². The Bertz CT molecular complexity index is 620. The van der Waals surface area contributed by atoms with Crippen LogP contribution in [0.4, 0.5) is 0 Å². The highest BCUT2D eigenvalue weighted by molar-refractivity contribution is 5.69. The molecular weight excluding hydrogens is 364 g/mol. The number of carbonyl (C=O) groups excluding carboxylic acids is 1. The van der Waals surface area contributed by atoms with Crippen LogP contribution in [-0.4, -0.2) is 35.5 Å².